The smallest absolute Gasteiger partial charge is 0.0121 e. The van der Waals surface area contributed by atoms with E-state index in [2.05, 4.69) is 21.9 Å². The average Bonchev–Trinajstić information content (AvgIpc) is 1.69. The molecule has 0 nitrogen and oxygen atoms in total. The summed E-state index contributed by atoms with van der Waals surface area (Å²) in [5.41, 5.74) is 0. The zero-order chi connectivity index (χ0) is 5.54. The normalized spacial score (nSPS) is 10.3. The van der Waals surface area contributed by atoms with Crippen molar-refractivity contribution in [3.8, 4) is 12.3 Å². The predicted molar refractivity (Wildman–Crippen MR) is 36.0 cm³/mol. The molecular formula is C6H5Br. The number of halogens is 1. The summed E-state index contributed by atoms with van der Waals surface area (Å²) in [6, 6.07) is 0. The lowest BCUT2D eigenvalue weighted by atomic mass is 10.5. The van der Waals surface area contributed by atoms with E-state index in [-0.39, 0.29) is 0 Å². The van der Waals surface area contributed by atoms with Crippen LogP contribution in [0, 0.1) is 12.3 Å². The third kappa shape index (κ3) is 5.52. The Labute approximate surface area is 52.1 Å². The second kappa shape index (κ2) is 5.52. The van der Waals surface area contributed by atoms with Crippen LogP contribution in [0.2, 0.25) is 0 Å². The Bertz CT molecular complexity index is 115. The summed E-state index contributed by atoms with van der Waals surface area (Å²) in [5, 5.41) is 0. The molecule has 0 aromatic heterocycles. The van der Waals surface area contributed by atoms with Gasteiger partial charge < -0.3 is 0 Å². The summed E-state index contributed by atoms with van der Waals surface area (Å²) in [5.74, 6) is 2.35. The number of hydrogen-bond donors (Lipinski definition) is 0. The molecule has 0 atom stereocenters. The number of hydrogen-bond acceptors (Lipinski definition) is 0. The van der Waals surface area contributed by atoms with Gasteiger partial charge in [0.05, 0.1) is 0 Å². The van der Waals surface area contributed by atoms with E-state index in [1.54, 1.807) is 23.2 Å². The minimum absolute atomic E-state index is 1.62. The molecule has 0 fully saturated rings. The van der Waals surface area contributed by atoms with Crippen molar-refractivity contribution in [3.63, 3.8) is 0 Å². The fraction of sp³-hybridized carbons (Fsp3) is 0. The second-order valence-electron chi connectivity index (χ2n) is 0.844. The van der Waals surface area contributed by atoms with Crippen LogP contribution >= 0.6 is 15.9 Å². The molecule has 0 aliphatic carbocycles. The van der Waals surface area contributed by atoms with Crippen molar-refractivity contribution in [1.29, 1.82) is 0 Å². The second-order valence-corrected chi connectivity index (χ2v) is 1.37. The first-order valence-corrected chi connectivity index (χ1v) is 2.71. The third-order valence-corrected chi connectivity index (χ3v) is 0.682. The summed E-state index contributed by atoms with van der Waals surface area (Å²) in [4.78, 5) is 1.74. The van der Waals surface area contributed by atoms with Gasteiger partial charge in [0.1, 0.15) is 0 Å². The molecule has 0 spiro atoms. The Morgan fingerprint density at radius 3 is 2.57 bits per heavy atom. The molecule has 7 heavy (non-hydrogen) atoms. The van der Waals surface area contributed by atoms with E-state index >= 15 is 0 Å². The van der Waals surface area contributed by atoms with E-state index in [9.17, 15) is 0 Å². The predicted octanol–water partition coefficient (Wildman–Crippen LogP) is 2.08. The van der Waals surface area contributed by atoms with Crippen molar-refractivity contribution < 1.29 is 0 Å². The minimum Gasteiger partial charge on any atom is -0.115 e. The van der Waals surface area contributed by atoms with Crippen LogP contribution in [0.5, 0.6) is 0 Å². The topological polar surface area (TPSA) is 0 Å². The molecule has 0 heterocycles. The largest absolute Gasteiger partial charge is 0.115 e. The van der Waals surface area contributed by atoms with E-state index in [4.69, 9.17) is 6.42 Å². The number of rotatable bonds is 1. The zero-order valence-electron chi connectivity index (χ0n) is 3.76. The fourth-order valence-corrected chi connectivity index (χ4v) is 0.329. The van der Waals surface area contributed by atoms with Crippen LogP contribution in [-0.2, 0) is 0 Å². The van der Waals surface area contributed by atoms with Gasteiger partial charge in [-0.2, -0.15) is 0 Å². The maximum absolute atomic E-state index is 4.88. The first-order chi connectivity index (χ1) is 3.41. The minimum atomic E-state index is 1.62. The molecular weight excluding hydrogens is 152 g/mol. The Hall–Kier alpha value is -0.480. The summed E-state index contributed by atoms with van der Waals surface area (Å²) in [6.45, 7) is 0. The Kier molecular flexibility index (Phi) is 5.14. The Balaban J connectivity index is 3.33. The van der Waals surface area contributed by atoms with Gasteiger partial charge in [0.15, 0.2) is 0 Å². The molecule has 0 aliphatic heterocycles. The van der Waals surface area contributed by atoms with Gasteiger partial charge in [0.25, 0.3) is 0 Å². The van der Waals surface area contributed by atoms with Gasteiger partial charge in [-0.15, -0.1) is 6.42 Å². The van der Waals surface area contributed by atoms with Gasteiger partial charge in [-0.25, -0.2) is 0 Å². The zero-order valence-corrected chi connectivity index (χ0v) is 5.35. The van der Waals surface area contributed by atoms with Crippen LogP contribution in [0.25, 0.3) is 0 Å². The standard InChI is InChI=1S/C6H5Br/c1-2-3-4-5-6-7/h1,3-6H/b4-3-,6-5+. The molecule has 0 unspecified atom stereocenters. The molecule has 0 saturated heterocycles. The quantitative estimate of drug-likeness (QED) is 0.403. The van der Waals surface area contributed by atoms with Crippen LogP contribution < -0.4 is 0 Å². The molecule has 0 aromatic carbocycles. The summed E-state index contributed by atoms with van der Waals surface area (Å²) < 4.78 is 0. The molecule has 0 bridgehead atoms. The molecule has 0 radical (unpaired) electrons. The molecule has 0 aliphatic rings. The lowest BCUT2D eigenvalue weighted by molar-refractivity contribution is 2.04. The van der Waals surface area contributed by atoms with Crippen LogP contribution in [0.4, 0.5) is 0 Å². The lowest BCUT2D eigenvalue weighted by Gasteiger charge is -1.61. The molecule has 0 rings (SSSR count). The third-order valence-electron chi connectivity index (χ3n) is 0.376. The van der Waals surface area contributed by atoms with Gasteiger partial charge >= 0.3 is 0 Å². The molecule has 0 saturated carbocycles. The van der Waals surface area contributed by atoms with Gasteiger partial charge in [-0.05, 0) is 11.1 Å². The summed E-state index contributed by atoms with van der Waals surface area (Å²) in [7, 11) is 0. The van der Waals surface area contributed by atoms with Crippen LogP contribution in [-0.4, -0.2) is 0 Å². The van der Waals surface area contributed by atoms with Crippen molar-refractivity contribution in [2.75, 3.05) is 0 Å². The fourth-order valence-electron chi connectivity index (χ4n) is 0.153. The SMILES string of the molecule is C#C/C=C\C=C\Br. The highest BCUT2D eigenvalue weighted by Gasteiger charge is 1.53. The van der Waals surface area contributed by atoms with Gasteiger partial charge in [-0.3, -0.25) is 0 Å². The van der Waals surface area contributed by atoms with Crippen LogP contribution in [0.15, 0.2) is 23.2 Å². The first kappa shape index (κ1) is 6.52. The average molecular weight is 157 g/mol. The summed E-state index contributed by atoms with van der Waals surface area (Å²) >= 11 is 3.08. The highest BCUT2D eigenvalue weighted by atomic mass is 79.9. The molecule has 0 aromatic rings. The molecule has 0 amide bonds. The van der Waals surface area contributed by atoms with E-state index in [1.807, 2.05) is 0 Å². The van der Waals surface area contributed by atoms with E-state index in [1.165, 1.54) is 0 Å². The van der Waals surface area contributed by atoms with Crippen molar-refractivity contribution in [1.82, 2.24) is 0 Å². The Morgan fingerprint density at radius 2 is 2.14 bits per heavy atom. The number of terminal acetylenes is 1. The van der Waals surface area contributed by atoms with Crippen molar-refractivity contribution in [2.45, 2.75) is 0 Å². The first-order valence-electron chi connectivity index (χ1n) is 1.80. The Morgan fingerprint density at radius 1 is 1.43 bits per heavy atom. The maximum Gasteiger partial charge on any atom is -0.0121 e. The van der Waals surface area contributed by atoms with Gasteiger partial charge in [-0.1, -0.05) is 34.0 Å². The van der Waals surface area contributed by atoms with Crippen molar-refractivity contribution >= 4 is 15.9 Å². The lowest BCUT2D eigenvalue weighted by Crippen LogP contribution is -1.42. The van der Waals surface area contributed by atoms with Crippen LogP contribution in [0.3, 0.4) is 0 Å². The van der Waals surface area contributed by atoms with E-state index < -0.39 is 0 Å². The van der Waals surface area contributed by atoms with Crippen molar-refractivity contribution in [3.05, 3.63) is 23.2 Å². The van der Waals surface area contributed by atoms with Gasteiger partial charge in [0, 0.05) is 0 Å². The highest BCUT2D eigenvalue weighted by molar-refractivity contribution is 9.11. The summed E-state index contributed by atoms with van der Waals surface area (Å²) in [6.07, 6.45) is 10.1. The van der Waals surface area contributed by atoms with Crippen molar-refractivity contribution in [2.24, 2.45) is 0 Å². The van der Waals surface area contributed by atoms with Gasteiger partial charge in [0.2, 0.25) is 0 Å². The monoisotopic (exact) mass is 156 g/mol. The highest BCUT2D eigenvalue weighted by Crippen LogP contribution is 1.81. The van der Waals surface area contributed by atoms with E-state index in [0.717, 1.165) is 0 Å². The van der Waals surface area contributed by atoms with E-state index in [0.29, 0.717) is 0 Å². The number of allylic oxidation sites excluding steroid dienone is 3. The maximum atomic E-state index is 4.88. The molecule has 1 heteroatoms. The molecule has 36 valence electrons. The van der Waals surface area contributed by atoms with Crippen LogP contribution in [0.1, 0.15) is 0 Å². The molecule has 0 N–H and O–H groups in total.